The van der Waals surface area contributed by atoms with Crippen LogP contribution in [-0.4, -0.2) is 46.3 Å². The second-order valence-electron chi connectivity index (χ2n) is 6.24. The Balaban J connectivity index is 0.00000161. The zero-order chi connectivity index (χ0) is 14.2. The molecule has 2 atom stereocenters. The molecule has 5 nitrogen and oxygen atoms in total. The molecule has 2 fully saturated rings. The van der Waals surface area contributed by atoms with Gasteiger partial charge in [0.15, 0.2) is 0 Å². The van der Waals surface area contributed by atoms with Crippen molar-refractivity contribution >= 4 is 18.3 Å². The second kappa shape index (κ2) is 6.36. The number of nitrogens with one attached hydrogen (secondary N) is 1. The first-order valence-electron chi connectivity index (χ1n) is 7.67. The van der Waals surface area contributed by atoms with Crippen molar-refractivity contribution in [1.29, 1.82) is 0 Å². The molecule has 2 unspecified atom stereocenters. The highest BCUT2D eigenvalue weighted by Crippen LogP contribution is 2.33. The van der Waals surface area contributed by atoms with E-state index >= 15 is 0 Å². The van der Waals surface area contributed by atoms with Crippen LogP contribution in [0, 0.1) is 5.92 Å². The lowest BCUT2D eigenvalue weighted by Gasteiger charge is -2.40. The van der Waals surface area contributed by atoms with Crippen molar-refractivity contribution in [1.82, 2.24) is 20.0 Å². The SMILES string of the molecule is CC1CCN(C(=O)C2(n3cccn3)CCNCC2)C1C.Cl. The van der Waals surface area contributed by atoms with Gasteiger partial charge in [-0.2, -0.15) is 5.10 Å². The van der Waals surface area contributed by atoms with E-state index in [1.165, 1.54) is 0 Å². The first kappa shape index (κ1) is 16.3. The Morgan fingerprint density at radius 2 is 2.05 bits per heavy atom. The maximum atomic E-state index is 13.2. The molecule has 1 aromatic rings. The molecule has 1 amide bonds. The van der Waals surface area contributed by atoms with E-state index in [0.717, 1.165) is 38.9 Å². The van der Waals surface area contributed by atoms with Crippen LogP contribution in [0.1, 0.15) is 33.1 Å². The number of amides is 1. The normalized spacial score (nSPS) is 28.2. The number of likely N-dealkylation sites (tertiary alicyclic amines) is 1. The van der Waals surface area contributed by atoms with Crippen LogP contribution < -0.4 is 5.32 Å². The van der Waals surface area contributed by atoms with Crippen LogP contribution in [0.25, 0.3) is 0 Å². The van der Waals surface area contributed by atoms with Crippen molar-refractivity contribution in [3.63, 3.8) is 0 Å². The van der Waals surface area contributed by atoms with Crippen molar-refractivity contribution in [3.05, 3.63) is 18.5 Å². The fourth-order valence-corrected chi connectivity index (χ4v) is 3.55. The van der Waals surface area contributed by atoms with Crippen molar-refractivity contribution in [3.8, 4) is 0 Å². The Morgan fingerprint density at radius 1 is 1.33 bits per heavy atom. The van der Waals surface area contributed by atoms with E-state index in [4.69, 9.17) is 0 Å². The molecule has 6 heteroatoms. The second-order valence-corrected chi connectivity index (χ2v) is 6.24. The Labute approximate surface area is 132 Å². The molecule has 2 aliphatic rings. The lowest BCUT2D eigenvalue weighted by atomic mass is 9.86. The zero-order valence-electron chi connectivity index (χ0n) is 12.8. The molecular formula is C15H25ClN4O. The number of aromatic nitrogens is 2. The molecular weight excluding hydrogens is 288 g/mol. The van der Waals surface area contributed by atoms with Gasteiger partial charge in [0.2, 0.25) is 0 Å². The average molecular weight is 313 g/mol. The molecule has 1 aromatic heterocycles. The molecule has 118 valence electrons. The molecule has 0 aromatic carbocycles. The van der Waals surface area contributed by atoms with Gasteiger partial charge in [-0.15, -0.1) is 12.4 Å². The highest BCUT2D eigenvalue weighted by Gasteiger charge is 2.47. The fraction of sp³-hybridized carbons (Fsp3) is 0.733. The topological polar surface area (TPSA) is 50.2 Å². The summed E-state index contributed by atoms with van der Waals surface area (Å²) in [6, 6.07) is 2.25. The number of hydrogen-bond acceptors (Lipinski definition) is 3. The van der Waals surface area contributed by atoms with Gasteiger partial charge >= 0.3 is 0 Å². The maximum absolute atomic E-state index is 13.2. The molecule has 0 spiro atoms. The molecule has 2 aliphatic heterocycles. The summed E-state index contributed by atoms with van der Waals surface area (Å²) in [5, 5.41) is 7.75. The predicted molar refractivity (Wildman–Crippen MR) is 84.5 cm³/mol. The summed E-state index contributed by atoms with van der Waals surface area (Å²) in [5.74, 6) is 0.856. The van der Waals surface area contributed by atoms with Crippen molar-refractivity contribution in [2.24, 2.45) is 5.92 Å². The van der Waals surface area contributed by atoms with Crippen LogP contribution in [0.5, 0.6) is 0 Å². The van der Waals surface area contributed by atoms with Crippen LogP contribution in [0.4, 0.5) is 0 Å². The molecule has 3 rings (SSSR count). The van der Waals surface area contributed by atoms with Crippen LogP contribution in [0.15, 0.2) is 18.5 Å². The van der Waals surface area contributed by atoms with Gasteiger partial charge in [0, 0.05) is 25.0 Å². The Morgan fingerprint density at radius 3 is 2.57 bits per heavy atom. The van der Waals surface area contributed by atoms with Gasteiger partial charge in [0.25, 0.3) is 5.91 Å². The monoisotopic (exact) mass is 312 g/mol. The molecule has 21 heavy (non-hydrogen) atoms. The van der Waals surface area contributed by atoms with Crippen LogP contribution >= 0.6 is 12.4 Å². The smallest absolute Gasteiger partial charge is 0.250 e. The molecule has 0 radical (unpaired) electrons. The van der Waals surface area contributed by atoms with Gasteiger partial charge in [0.1, 0.15) is 5.54 Å². The Bertz CT molecular complexity index is 470. The number of carbonyl (C=O) groups excluding carboxylic acids is 1. The van der Waals surface area contributed by atoms with Gasteiger partial charge in [-0.3, -0.25) is 9.48 Å². The number of carbonyl (C=O) groups is 1. The van der Waals surface area contributed by atoms with E-state index < -0.39 is 5.54 Å². The van der Waals surface area contributed by atoms with E-state index in [1.807, 2.05) is 16.9 Å². The number of piperidine rings is 1. The molecule has 0 aliphatic carbocycles. The lowest BCUT2D eigenvalue weighted by molar-refractivity contribution is -0.144. The first-order chi connectivity index (χ1) is 9.65. The number of rotatable bonds is 2. The van der Waals surface area contributed by atoms with E-state index in [0.29, 0.717) is 12.0 Å². The fourth-order valence-electron chi connectivity index (χ4n) is 3.55. The van der Waals surface area contributed by atoms with Gasteiger partial charge < -0.3 is 10.2 Å². The molecule has 0 saturated carbocycles. The summed E-state index contributed by atoms with van der Waals surface area (Å²) >= 11 is 0. The summed E-state index contributed by atoms with van der Waals surface area (Å²) in [5.41, 5.74) is -0.479. The zero-order valence-corrected chi connectivity index (χ0v) is 13.6. The standard InChI is InChI=1S/C15H24N4O.ClH/c1-12-4-11-18(13(12)2)14(20)15(5-8-16-9-6-15)19-10-3-7-17-19;/h3,7,10,12-13,16H,4-6,8-9,11H2,1-2H3;1H. The van der Waals surface area contributed by atoms with E-state index in [2.05, 4.69) is 29.2 Å². The third-order valence-electron chi connectivity index (χ3n) is 5.17. The first-order valence-corrected chi connectivity index (χ1v) is 7.67. The van der Waals surface area contributed by atoms with Gasteiger partial charge in [-0.05, 0) is 51.3 Å². The maximum Gasteiger partial charge on any atom is 0.250 e. The molecule has 1 N–H and O–H groups in total. The number of halogens is 1. The van der Waals surface area contributed by atoms with E-state index in [1.54, 1.807) is 6.20 Å². The van der Waals surface area contributed by atoms with Crippen molar-refractivity contribution < 1.29 is 4.79 Å². The summed E-state index contributed by atoms with van der Waals surface area (Å²) in [4.78, 5) is 15.3. The molecule has 2 saturated heterocycles. The third-order valence-corrected chi connectivity index (χ3v) is 5.17. The minimum atomic E-state index is -0.479. The third kappa shape index (κ3) is 2.69. The Kier molecular flexibility index (Phi) is 4.94. The van der Waals surface area contributed by atoms with Crippen LogP contribution in [0.2, 0.25) is 0 Å². The highest BCUT2D eigenvalue weighted by atomic mass is 35.5. The summed E-state index contributed by atoms with van der Waals surface area (Å²) < 4.78 is 1.89. The Hall–Kier alpha value is -1.07. The minimum Gasteiger partial charge on any atom is -0.338 e. The summed E-state index contributed by atoms with van der Waals surface area (Å²) in [7, 11) is 0. The predicted octanol–water partition coefficient (Wildman–Crippen LogP) is 1.64. The van der Waals surface area contributed by atoms with Crippen LogP contribution in [0.3, 0.4) is 0 Å². The lowest BCUT2D eigenvalue weighted by Crippen LogP contribution is -2.56. The quantitative estimate of drug-likeness (QED) is 0.903. The highest BCUT2D eigenvalue weighted by molar-refractivity contribution is 5.85. The van der Waals surface area contributed by atoms with E-state index in [-0.39, 0.29) is 18.3 Å². The van der Waals surface area contributed by atoms with Gasteiger partial charge in [0.05, 0.1) is 0 Å². The minimum absolute atomic E-state index is 0. The molecule has 0 bridgehead atoms. The largest absolute Gasteiger partial charge is 0.338 e. The van der Waals surface area contributed by atoms with Crippen molar-refractivity contribution in [2.45, 2.75) is 44.7 Å². The van der Waals surface area contributed by atoms with Crippen molar-refractivity contribution in [2.75, 3.05) is 19.6 Å². The van der Waals surface area contributed by atoms with Gasteiger partial charge in [-0.25, -0.2) is 0 Å². The summed E-state index contributed by atoms with van der Waals surface area (Å²) in [6.45, 7) is 7.05. The number of hydrogen-bond donors (Lipinski definition) is 1. The van der Waals surface area contributed by atoms with E-state index in [9.17, 15) is 4.79 Å². The number of nitrogens with zero attached hydrogens (tertiary/aromatic N) is 3. The summed E-state index contributed by atoms with van der Waals surface area (Å²) in [6.07, 6.45) is 6.47. The molecule has 3 heterocycles. The van der Waals surface area contributed by atoms with Gasteiger partial charge in [-0.1, -0.05) is 6.92 Å². The average Bonchev–Trinajstić information content (AvgIpc) is 3.11. The van der Waals surface area contributed by atoms with Crippen LogP contribution in [-0.2, 0) is 10.3 Å².